The van der Waals surface area contributed by atoms with Gasteiger partial charge in [0.15, 0.2) is 0 Å². The molecule has 17 heavy (non-hydrogen) atoms. The van der Waals surface area contributed by atoms with Gasteiger partial charge >= 0.3 is 6.03 Å². The predicted octanol–water partition coefficient (Wildman–Crippen LogP) is 2.43. The van der Waals surface area contributed by atoms with E-state index in [2.05, 4.69) is 20.6 Å². The monoisotopic (exact) mass is 228 g/mol. The summed E-state index contributed by atoms with van der Waals surface area (Å²) in [7, 11) is 0. The van der Waals surface area contributed by atoms with Gasteiger partial charge in [-0.1, -0.05) is 6.07 Å². The number of rotatable bonds is 2. The summed E-state index contributed by atoms with van der Waals surface area (Å²) in [6, 6.07) is 8.54. The first-order valence-electron chi connectivity index (χ1n) is 5.16. The molecule has 2 amide bonds. The molecule has 2 aromatic rings. The van der Waals surface area contributed by atoms with Crippen LogP contribution in [0.2, 0.25) is 0 Å². The molecule has 86 valence electrons. The second-order valence-corrected chi connectivity index (χ2v) is 3.48. The van der Waals surface area contributed by atoms with Crippen molar-refractivity contribution in [2.24, 2.45) is 0 Å². The number of anilines is 2. The van der Waals surface area contributed by atoms with Crippen molar-refractivity contribution in [3.8, 4) is 0 Å². The highest BCUT2D eigenvalue weighted by Crippen LogP contribution is 2.06. The van der Waals surface area contributed by atoms with E-state index in [1.165, 1.54) is 0 Å². The lowest BCUT2D eigenvalue weighted by Crippen LogP contribution is -2.20. The molecular formula is C12H12N4O. The largest absolute Gasteiger partial charge is 0.324 e. The summed E-state index contributed by atoms with van der Waals surface area (Å²) in [6.07, 6.45) is 3.22. The normalized spacial score (nSPS) is 9.71. The number of aryl methyl sites for hydroxylation is 1. The molecular weight excluding hydrogens is 216 g/mol. The summed E-state index contributed by atoms with van der Waals surface area (Å²) in [4.78, 5) is 19.6. The number of hydrogen-bond acceptors (Lipinski definition) is 3. The molecule has 0 radical (unpaired) electrons. The van der Waals surface area contributed by atoms with Crippen LogP contribution in [0.1, 0.15) is 5.69 Å². The van der Waals surface area contributed by atoms with Gasteiger partial charge in [-0.3, -0.25) is 10.3 Å². The van der Waals surface area contributed by atoms with Crippen molar-refractivity contribution in [1.82, 2.24) is 9.97 Å². The fourth-order valence-corrected chi connectivity index (χ4v) is 1.33. The van der Waals surface area contributed by atoms with Crippen molar-refractivity contribution in [2.75, 3.05) is 10.6 Å². The van der Waals surface area contributed by atoms with Crippen LogP contribution in [-0.4, -0.2) is 16.0 Å². The molecule has 5 heteroatoms. The minimum Gasteiger partial charge on any atom is -0.308 e. The van der Waals surface area contributed by atoms with Crippen LogP contribution in [0.25, 0.3) is 0 Å². The molecule has 0 atom stereocenters. The number of hydrogen-bond donors (Lipinski definition) is 2. The molecule has 0 bridgehead atoms. The van der Waals surface area contributed by atoms with E-state index in [9.17, 15) is 4.79 Å². The van der Waals surface area contributed by atoms with Crippen LogP contribution >= 0.6 is 0 Å². The number of amides is 2. The molecule has 0 aliphatic rings. The van der Waals surface area contributed by atoms with Crippen LogP contribution in [0.3, 0.4) is 0 Å². The maximum atomic E-state index is 11.6. The first kappa shape index (κ1) is 11.1. The van der Waals surface area contributed by atoms with Gasteiger partial charge in [0.1, 0.15) is 5.82 Å². The Morgan fingerprint density at radius 1 is 1.12 bits per heavy atom. The van der Waals surface area contributed by atoms with Crippen LogP contribution in [0.4, 0.5) is 16.3 Å². The Hall–Kier alpha value is -2.43. The average molecular weight is 228 g/mol. The molecule has 0 aliphatic carbocycles. The Morgan fingerprint density at radius 2 is 1.88 bits per heavy atom. The maximum absolute atomic E-state index is 11.6. The number of urea groups is 1. The smallest absolute Gasteiger partial charge is 0.308 e. The van der Waals surface area contributed by atoms with E-state index in [1.807, 2.05) is 19.1 Å². The van der Waals surface area contributed by atoms with Gasteiger partial charge in [-0.25, -0.2) is 9.78 Å². The Morgan fingerprint density at radius 3 is 2.59 bits per heavy atom. The van der Waals surface area contributed by atoms with Gasteiger partial charge in [-0.15, -0.1) is 0 Å². The molecule has 0 unspecified atom stereocenters. The zero-order valence-electron chi connectivity index (χ0n) is 9.34. The summed E-state index contributed by atoms with van der Waals surface area (Å²) in [5.74, 6) is 0.525. The van der Waals surface area contributed by atoms with Gasteiger partial charge in [0.05, 0.1) is 0 Å². The summed E-state index contributed by atoms with van der Waals surface area (Å²) in [5, 5.41) is 5.33. The van der Waals surface area contributed by atoms with Gasteiger partial charge in [0.25, 0.3) is 0 Å². The van der Waals surface area contributed by atoms with E-state index < -0.39 is 0 Å². The third-order valence-corrected chi connectivity index (χ3v) is 2.07. The third kappa shape index (κ3) is 3.27. The first-order chi connectivity index (χ1) is 8.24. The lowest BCUT2D eigenvalue weighted by atomic mass is 10.4. The summed E-state index contributed by atoms with van der Waals surface area (Å²) in [6.45, 7) is 1.87. The number of aromatic nitrogens is 2. The Bertz CT molecular complexity index is 513. The topological polar surface area (TPSA) is 66.9 Å². The molecule has 2 aromatic heterocycles. The van der Waals surface area contributed by atoms with Crippen LogP contribution < -0.4 is 10.6 Å². The molecule has 0 saturated carbocycles. The minimum atomic E-state index is -0.325. The highest BCUT2D eigenvalue weighted by molar-refractivity contribution is 5.99. The van der Waals surface area contributed by atoms with E-state index in [-0.39, 0.29) is 6.03 Å². The van der Waals surface area contributed by atoms with E-state index in [1.54, 1.807) is 30.6 Å². The molecule has 0 aliphatic heterocycles. The van der Waals surface area contributed by atoms with Gasteiger partial charge in [0, 0.05) is 23.8 Å². The summed E-state index contributed by atoms with van der Waals surface area (Å²) >= 11 is 0. The van der Waals surface area contributed by atoms with E-state index >= 15 is 0 Å². The quantitative estimate of drug-likeness (QED) is 0.829. The SMILES string of the molecule is Cc1cccc(NC(=O)Nc2ccncc2)n1. The highest BCUT2D eigenvalue weighted by Gasteiger charge is 2.02. The zero-order chi connectivity index (χ0) is 12.1. The number of carbonyl (C=O) groups is 1. The lowest BCUT2D eigenvalue weighted by molar-refractivity contribution is 0.262. The van der Waals surface area contributed by atoms with Crippen LogP contribution in [0.5, 0.6) is 0 Å². The lowest BCUT2D eigenvalue weighted by Gasteiger charge is -2.06. The fraction of sp³-hybridized carbons (Fsp3) is 0.0833. The predicted molar refractivity (Wildman–Crippen MR) is 65.9 cm³/mol. The van der Waals surface area contributed by atoms with Crippen LogP contribution in [0, 0.1) is 6.92 Å². The maximum Gasteiger partial charge on any atom is 0.324 e. The van der Waals surface area contributed by atoms with E-state index in [0.717, 1.165) is 5.69 Å². The van der Waals surface area contributed by atoms with Gasteiger partial charge < -0.3 is 5.32 Å². The highest BCUT2D eigenvalue weighted by atomic mass is 16.2. The van der Waals surface area contributed by atoms with Crippen molar-refractivity contribution in [2.45, 2.75) is 6.92 Å². The molecule has 2 heterocycles. The van der Waals surface area contributed by atoms with Crippen molar-refractivity contribution in [1.29, 1.82) is 0 Å². The number of pyridine rings is 2. The van der Waals surface area contributed by atoms with E-state index in [0.29, 0.717) is 11.5 Å². The third-order valence-electron chi connectivity index (χ3n) is 2.07. The zero-order valence-corrected chi connectivity index (χ0v) is 9.34. The second kappa shape index (κ2) is 5.07. The van der Waals surface area contributed by atoms with Crippen LogP contribution in [-0.2, 0) is 0 Å². The van der Waals surface area contributed by atoms with Crippen molar-refractivity contribution >= 4 is 17.5 Å². The summed E-state index contributed by atoms with van der Waals surface area (Å²) in [5.41, 5.74) is 1.54. The second-order valence-electron chi connectivity index (χ2n) is 3.48. The molecule has 0 aromatic carbocycles. The molecule has 2 rings (SSSR count). The number of nitrogens with zero attached hydrogens (tertiary/aromatic N) is 2. The average Bonchev–Trinajstić information content (AvgIpc) is 2.30. The van der Waals surface area contributed by atoms with Crippen molar-refractivity contribution in [3.05, 3.63) is 48.4 Å². The van der Waals surface area contributed by atoms with Crippen molar-refractivity contribution < 1.29 is 4.79 Å². The Kier molecular flexibility index (Phi) is 3.30. The number of nitrogens with one attached hydrogen (secondary N) is 2. The molecule has 5 nitrogen and oxygen atoms in total. The first-order valence-corrected chi connectivity index (χ1v) is 5.16. The van der Waals surface area contributed by atoms with E-state index in [4.69, 9.17) is 0 Å². The van der Waals surface area contributed by atoms with Crippen molar-refractivity contribution in [3.63, 3.8) is 0 Å². The number of carbonyl (C=O) groups excluding carboxylic acids is 1. The van der Waals surface area contributed by atoms with Gasteiger partial charge in [0.2, 0.25) is 0 Å². The Labute approximate surface area is 98.9 Å². The molecule has 2 N–H and O–H groups in total. The molecule has 0 spiro atoms. The van der Waals surface area contributed by atoms with Crippen LogP contribution in [0.15, 0.2) is 42.7 Å². The standard InChI is InChI=1S/C12H12N4O/c1-9-3-2-4-11(14-9)16-12(17)15-10-5-7-13-8-6-10/h2-8H,1H3,(H2,13,14,15,16,17). The Balaban J connectivity index is 1.98. The minimum absolute atomic E-state index is 0.325. The molecule has 0 fully saturated rings. The summed E-state index contributed by atoms with van der Waals surface area (Å²) < 4.78 is 0. The molecule has 0 saturated heterocycles. The fourth-order valence-electron chi connectivity index (χ4n) is 1.33. The van der Waals surface area contributed by atoms with Gasteiger partial charge in [-0.2, -0.15) is 0 Å². The van der Waals surface area contributed by atoms with Gasteiger partial charge in [-0.05, 0) is 31.2 Å².